The molecular formula is H3O12P3Pr2. The largest absolute Gasteiger partial charge is 3.00 e. The molecule has 0 aromatic carbocycles. The Kier molecular flexibility index (Phi) is 26.5. The van der Waals surface area contributed by atoms with Gasteiger partial charge in [0.25, 0.3) is 0 Å². The summed E-state index contributed by atoms with van der Waals surface area (Å²) in [6.07, 6.45) is 0. The Labute approximate surface area is 161 Å². The zero-order valence-corrected chi connectivity index (χ0v) is 17.6. The normalized spacial score (nSPS) is 10.4. The van der Waals surface area contributed by atoms with Crippen molar-refractivity contribution in [1.29, 1.82) is 0 Å². The van der Waals surface area contributed by atoms with Gasteiger partial charge in [0.2, 0.25) is 0 Å². The summed E-state index contributed by atoms with van der Waals surface area (Å²) in [5, 5.41) is 0. The minimum Gasteiger partial charge on any atom is -0.790 e. The molecule has 0 atom stereocenters. The smallest absolute Gasteiger partial charge is 0.790 e. The van der Waals surface area contributed by atoms with E-state index in [4.69, 9.17) is 57.7 Å². The van der Waals surface area contributed by atoms with Crippen LogP contribution in [0.5, 0.6) is 0 Å². The molecule has 0 heterocycles. The van der Waals surface area contributed by atoms with E-state index in [1.165, 1.54) is 0 Å². The van der Waals surface area contributed by atoms with Crippen molar-refractivity contribution < 1.29 is 140 Å². The molecule has 0 aromatic rings. The number of rotatable bonds is 0. The van der Waals surface area contributed by atoms with Crippen LogP contribution in [0, 0.1) is 82.6 Å². The molecule has 0 aliphatic heterocycles. The molecule has 0 aliphatic rings. The van der Waals surface area contributed by atoms with Crippen molar-refractivity contribution in [2.24, 2.45) is 0 Å². The summed E-state index contributed by atoms with van der Waals surface area (Å²) in [4.78, 5) is 72.9. The summed E-state index contributed by atoms with van der Waals surface area (Å²) >= 11 is 0. The van der Waals surface area contributed by atoms with Crippen LogP contribution >= 0.6 is 23.5 Å². The summed E-state index contributed by atoms with van der Waals surface area (Å²) in [6.45, 7) is 0. The summed E-state index contributed by atoms with van der Waals surface area (Å²) in [6, 6.07) is 0. The molecule has 0 saturated heterocycles. The van der Waals surface area contributed by atoms with Crippen molar-refractivity contribution in [2.75, 3.05) is 0 Å². The van der Waals surface area contributed by atoms with Gasteiger partial charge in [-0.1, -0.05) is 0 Å². The van der Waals surface area contributed by atoms with Crippen molar-refractivity contribution in [3.05, 3.63) is 0 Å². The third kappa shape index (κ3) is 593. The fraction of sp³-hybridized carbons (Fsp3) is 0. The second-order valence-electron chi connectivity index (χ2n) is 1.41. The molecule has 12 nitrogen and oxygen atoms in total. The van der Waals surface area contributed by atoms with Gasteiger partial charge in [0, 0.05) is 0 Å². The maximum Gasteiger partial charge on any atom is 3.00 e. The minimum absolute atomic E-state index is 0. The molecule has 0 spiro atoms. The third-order valence-electron chi connectivity index (χ3n) is 0. The van der Waals surface area contributed by atoms with Gasteiger partial charge >= 0.3 is 82.6 Å². The Bertz CT molecular complexity index is 206. The predicted molar refractivity (Wildman–Crippen MR) is 29.5 cm³/mol. The first kappa shape index (κ1) is 32.1. The van der Waals surface area contributed by atoms with Crippen molar-refractivity contribution in [1.82, 2.24) is 0 Å². The first-order valence-electron chi connectivity index (χ1n) is 2.24. The predicted octanol–water partition coefficient (Wildman–Crippen LogP) is -6.58. The van der Waals surface area contributed by atoms with Crippen LogP contribution < -0.4 is 29.4 Å². The monoisotopic (exact) mass is 570 g/mol. The van der Waals surface area contributed by atoms with E-state index in [9.17, 15) is 0 Å². The van der Waals surface area contributed by atoms with Gasteiger partial charge in [-0.05, 0) is 0 Å². The van der Waals surface area contributed by atoms with E-state index in [1.807, 2.05) is 0 Å². The molecule has 0 bridgehead atoms. The Balaban J connectivity index is -0.0000000400. The van der Waals surface area contributed by atoms with Crippen molar-refractivity contribution in [2.45, 2.75) is 0 Å². The molecule has 3 N–H and O–H groups in total. The molecule has 17 heavy (non-hydrogen) atoms. The molecule has 0 fully saturated rings. The first-order chi connectivity index (χ1) is 6.00. The fourth-order valence-corrected chi connectivity index (χ4v) is 0. The molecule has 0 unspecified atom stereocenters. The molecule has 0 aliphatic carbocycles. The minimum atomic E-state index is -5.14. The second kappa shape index (κ2) is 14.0. The molecule has 0 amide bonds. The van der Waals surface area contributed by atoms with Crippen LogP contribution in [-0.4, -0.2) is 14.7 Å². The Morgan fingerprint density at radius 2 is 0.529 bits per heavy atom. The zero-order chi connectivity index (χ0) is 13.5. The van der Waals surface area contributed by atoms with Crippen LogP contribution in [0.2, 0.25) is 0 Å². The van der Waals surface area contributed by atoms with Crippen molar-refractivity contribution in [3.63, 3.8) is 0 Å². The second-order valence-corrected chi connectivity index (χ2v) is 4.22. The number of hydrogen-bond acceptors (Lipinski definition) is 9. The molecule has 0 saturated carbocycles. The van der Waals surface area contributed by atoms with Gasteiger partial charge < -0.3 is 57.7 Å². The Morgan fingerprint density at radius 1 is 0.529 bits per heavy atom. The van der Waals surface area contributed by atoms with E-state index >= 15 is 0 Å². The van der Waals surface area contributed by atoms with Gasteiger partial charge in [0.1, 0.15) is 0 Å². The summed E-state index contributed by atoms with van der Waals surface area (Å²) in [7, 11) is -15.4. The number of hydrogen-bond donors (Lipinski definition) is 3. The number of phosphoric acid groups is 3. The van der Waals surface area contributed by atoms with Crippen molar-refractivity contribution in [3.8, 4) is 0 Å². The van der Waals surface area contributed by atoms with E-state index in [-0.39, 0.29) is 82.6 Å². The third-order valence-corrected chi connectivity index (χ3v) is 0. The van der Waals surface area contributed by atoms with Crippen LogP contribution in [0.15, 0.2) is 0 Å². The SMILES string of the molecule is O=P([O-])([O-])O.O=P([O-])([O-])O.O=P([O-])([O-])O.[Pr+3].[Pr+3]. The average Bonchev–Trinajstić information content (AvgIpc) is 1.41. The zero-order valence-electron chi connectivity index (χ0n) is 7.51. The fourth-order valence-electron chi connectivity index (χ4n) is 0. The van der Waals surface area contributed by atoms with E-state index in [2.05, 4.69) is 0 Å². The van der Waals surface area contributed by atoms with Crippen LogP contribution in [0.1, 0.15) is 0 Å². The first-order valence-corrected chi connectivity index (χ1v) is 6.73. The standard InChI is InChI=1S/3H3O4P.2Pr/c3*1-5(2,3)4;;/h3*(H3,1,2,3,4);;/q;;;2*+3/p-6. The Hall–Kier alpha value is 3.06. The van der Waals surface area contributed by atoms with Gasteiger partial charge in [-0.3, -0.25) is 0 Å². The van der Waals surface area contributed by atoms with Crippen LogP contribution in [-0.2, 0) is 13.7 Å². The maximum atomic E-state index is 8.66. The van der Waals surface area contributed by atoms with Crippen molar-refractivity contribution >= 4 is 23.5 Å². The summed E-state index contributed by atoms with van der Waals surface area (Å²) in [5.41, 5.74) is 0. The van der Waals surface area contributed by atoms with Crippen LogP contribution in [0.25, 0.3) is 0 Å². The molecule has 17 heteroatoms. The van der Waals surface area contributed by atoms with E-state index in [0.717, 1.165) is 0 Å². The molecule has 0 aromatic heterocycles. The summed E-state index contributed by atoms with van der Waals surface area (Å²) < 4.78 is 26.0. The van der Waals surface area contributed by atoms with E-state index < -0.39 is 23.5 Å². The topological polar surface area (TPSA) is 250 Å². The van der Waals surface area contributed by atoms with Crippen LogP contribution in [0.3, 0.4) is 0 Å². The summed E-state index contributed by atoms with van der Waals surface area (Å²) in [5.74, 6) is 0. The van der Waals surface area contributed by atoms with E-state index in [1.54, 1.807) is 0 Å². The van der Waals surface area contributed by atoms with Gasteiger partial charge in [-0.15, -0.1) is 0 Å². The van der Waals surface area contributed by atoms with Gasteiger partial charge in [0.05, 0.1) is 23.5 Å². The molecule has 0 radical (unpaired) electrons. The van der Waals surface area contributed by atoms with Gasteiger partial charge in [-0.25, -0.2) is 0 Å². The van der Waals surface area contributed by atoms with Gasteiger partial charge in [0.15, 0.2) is 0 Å². The Morgan fingerprint density at radius 3 is 0.529 bits per heavy atom. The quantitative estimate of drug-likeness (QED) is 0.230. The molecule has 96 valence electrons. The average molecular weight is 570 g/mol. The molecule has 0 rings (SSSR count). The van der Waals surface area contributed by atoms with Gasteiger partial charge in [-0.2, -0.15) is 0 Å². The maximum absolute atomic E-state index is 8.66. The van der Waals surface area contributed by atoms with Crippen LogP contribution in [0.4, 0.5) is 0 Å². The molecular weight excluding hydrogens is 567 g/mol. The van der Waals surface area contributed by atoms with E-state index in [0.29, 0.717) is 0 Å².